The third-order valence-electron chi connectivity index (χ3n) is 2.52. The Hall–Kier alpha value is -0.960. The lowest BCUT2D eigenvalue weighted by Gasteiger charge is -2.19. The van der Waals surface area contributed by atoms with Crippen molar-refractivity contribution in [2.24, 2.45) is 0 Å². The van der Waals surface area contributed by atoms with Gasteiger partial charge >= 0.3 is 0 Å². The predicted molar refractivity (Wildman–Crippen MR) is 57.3 cm³/mol. The first-order valence-electron chi connectivity index (χ1n) is 4.68. The highest BCUT2D eigenvalue weighted by Crippen LogP contribution is 2.31. The lowest BCUT2D eigenvalue weighted by molar-refractivity contribution is 0.628. The molecule has 0 atom stereocenters. The largest absolute Gasteiger partial charge is 0.397 e. The molecular formula is C10H12ClFN2. The molecule has 0 spiro atoms. The van der Waals surface area contributed by atoms with Crippen LogP contribution in [0.25, 0.3) is 0 Å². The first kappa shape index (κ1) is 9.59. The maximum atomic E-state index is 13.2. The first-order chi connectivity index (χ1) is 6.68. The number of benzene rings is 1. The van der Waals surface area contributed by atoms with Crippen molar-refractivity contribution in [3.8, 4) is 0 Å². The van der Waals surface area contributed by atoms with Crippen molar-refractivity contribution in [3.63, 3.8) is 0 Å². The SMILES string of the molecule is Nc1cc(Cl)c(F)cc1N1CCCC1. The molecule has 1 aromatic rings. The van der Waals surface area contributed by atoms with E-state index in [0.717, 1.165) is 31.6 Å². The van der Waals surface area contributed by atoms with Gasteiger partial charge < -0.3 is 10.6 Å². The van der Waals surface area contributed by atoms with Crippen molar-refractivity contribution in [2.75, 3.05) is 23.7 Å². The highest BCUT2D eigenvalue weighted by Gasteiger charge is 2.16. The summed E-state index contributed by atoms with van der Waals surface area (Å²) in [6.45, 7) is 1.90. The van der Waals surface area contributed by atoms with Crippen LogP contribution in [-0.2, 0) is 0 Å². The van der Waals surface area contributed by atoms with Crippen LogP contribution in [0.1, 0.15) is 12.8 Å². The minimum Gasteiger partial charge on any atom is -0.397 e. The standard InChI is InChI=1S/C10H12ClFN2/c11-7-5-9(13)10(6-8(7)12)14-3-1-2-4-14/h5-6H,1-4,13H2. The summed E-state index contributed by atoms with van der Waals surface area (Å²) >= 11 is 5.62. The van der Waals surface area contributed by atoms with E-state index in [1.807, 2.05) is 0 Å². The predicted octanol–water partition coefficient (Wildman–Crippen LogP) is 2.66. The van der Waals surface area contributed by atoms with E-state index < -0.39 is 5.82 Å². The fourth-order valence-corrected chi connectivity index (χ4v) is 1.96. The zero-order valence-corrected chi connectivity index (χ0v) is 8.52. The summed E-state index contributed by atoms with van der Waals surface area (Å²) in [5, 5.41) is 0.0884. The van der Waals surface area contributed by atoms with E-state index in [0.29, 0.717) is 5.69 Å². The Morgan fingerprint density at radius 2 is 1.93 bits per heavy atom. The maximum Gasteiger partial charge on any atom is 0.144 e. The summed E-state index contributed by atoms with van der Waals surface area (Å²) in [7, 11) is 0. The summed E-state index contributed by atoms with van der Waals surface area (Å²) < 4.78 is 13.2. The van der Waals surface area contributed by atoms with Gasteiger partial charge in [0.1, 0.15) is 5.82 Å². The van der Waals surface area contributed by atoms with Gasteiger partial charge in [-0.2, -0.15) is 0 Å². The van der Waals surface area contributed by atoms with E-state index in [2.05, 4.69) is 4.90 Å². The van der Waals surface area contributed by atoms with Crippen LogP contribution in [0.4, 0.5) is 15.8 Å². The summed E-state index contributed by atoms with van der Waals surface area (Å²) in [6, 6.07) is 2.90. The van der Waals surface area contributed by atoms with Gasteiger partial charge in [0.05, 0.1) is 16.4 Å². The van der Waals surface area contributed by atoms with Crippen molar-refractivity contribution in [2.45, 2.75) is 12.8 Å². The van der Waals surface area contributed by atoms with Gasteiger partial charge in [-0.25, -0.2) is 4.39 Å². The molecule has 2 N–H and O–H groups in total. The van der Waals surface area contributed by atoms with Gasteiger partial charge in [-0.1, -0.05) is 11.6 Å². The Morgan fingerprint density at radius 1 is 1.29 bits per heavy atom. The first-order valence-corrected chi connectivity index (χ1v) is 5.06. The van der Waals surface area contributed by atoms with Gasteiger partial charge in [-0.15, -0.1) is 0 Å². The zero-order valence-electron chi connectivity index (χ0n) is 7.76. The second-order valence-electron chi connectivity index (χ2n) is 3.52. The highest BCUT2D eigenvalue weighted by atomic mass is 35.5. The van der Waals surface area contributed by atoms with Crippen molar-refractivity contribution >= 4 is 23.0 Å². The molecule has 1 heterocycles. The molecule has 1 fully saturated rings. The fourth-order valence-electron chi connectivity index (χ4n) is 1.78. The number of nitrogens with two attached hydrogens (primary N) is 1. The van der Waals surface area contributed by atoms with Crippen LogP contribution in [0.15, 0.2) is 12.1 Å². The molecule has 0 radical (unpaired) electrons. The molecule has 2 rings (SSSR count). The molecule has 1 aliphatic rings. The summed E-state index contributed by atoms with van der Waals surface area (Å²) in [6.07, 6.45) is 2.29. The van der Waals surface area contributed by atoms with E-state index in [1.54, 1.807) is 0 Å². The second-order valence-corrected chi connectivity index (χ2v) is 3.93. The Labute approximate surface area is 87.5 Å². The van der Waals surface area contributed by atoms with Crippen molar-refractivity contribution < 1.29 is 4.39 Å². The van der Waals surface area contributed by atoms with Gasteiger partial charge in [0.2, 0.25) is 0 Å². The van der Waals surface area contributed by atoms with Crippen LogP contribution in [-0.4, -0.2) is 13.1 Å². The number of nitrogen functional groups attached to an aromatic ring is 1. The van der Waals surface area contributed by atoms with Crippen LogP contribution in [0.2, 0.25) is 5.02 Å². The lowest BCUT2D eigenvalue weighted by Crippen LogP contribution is -2.19. The van der Waals surface area contributed by atoms with E-state index in [9.17, 15) is 4.39 Å². The van der Waals surface area contributed by atoms with Crippen LogP contribution < -0.4 is 10.6 Å². The molecule has 76 valence electrons. The van der Waals surface area contributed by atoms with Crippen molar-refractivity contribution in [1.29, 1.82) is 0 Å². The minimum absolute atomic E-state index is 0.0884. The molecule has 0 amide bonds. The van der Waals surface area contributed by atoms with Crippen LogP contribution >= 0.6 is 11.6 Å². The molecule has 1 aromatic carbocycles. The Bertz CT molecular complexity index is 348. The molecule has 14 heavy (non-hydrogen) atoms. The van der Waals surface area contributed by atoms with Crippen LogP contribution in [0.5, 0.6) is 0 Å². The number of halogens is 2. The van der Waals surface area contributed by atoms with Crippen molar-refractivity contribution in [1.82, 2.24) is 0 Å². The monoisotopic (exact) mass is 214 g/mol. The molecule has 1 aliphatic heterocycles. The molecule has 0 bridgehead atoms. The van der Waals surface area contributed by atoms with Gasteiger partial charge in [-0.3, -0.25) is 0 Å². The quantitative estimate of drug-likeness (QED) is 0.729. The molecule has 0 aliphatic carbocycles. The lowest BCUT2D eigenvalue weighted by atomic mass is 10.2. The molecule has 4 heteroatoms. The number of hydrogen-bond acceptors (Lipinski definition) is 2. The molecule has 0 saturated carbocycles. The number of rotatable bonds is 1. The van der Waals surface area contributed by atoms with E-state index in [-0.39, 0.29) is 5.02 Å². The number of hydrogen-bond donors (Lipinski definition) is 1. The molecule has 0 unspecified atom stereocenters. The Morgan fingerprint density at radius 3 is 2.57 bits per heavy atom. The minimum atomic E-state index is -0.400. The van der Waals surface area contributed by atoms with Crippen molar-refractivity contribution in [3.05, 3.63) is 23.0 Å². The molecular weight excluding hydrogens is 203 g/mol. The summed E-state index contributed by atoms with van der Waals surface area (Å²) in [4.78, 5) is 2.09. The third-order valence-corrected chi connectivity index (χ3v) is 2.81. The van der Waals surface area contributed by atoms with Crippen LogP contribution in [0.3, 0.4) is 0 Å². The molecule has 0 aromatic heterocycles. The summed E-state index contributed by atoms with van der Waals surface area (Å²) in [5.41, 5.74) is 7.10. The van der Waals surface area contributed by atoms with E-state index in [4.69, 9.17) is 17.3 Å². The maximum absolute atomic E-state index is 13.2. The van der Waals surface area contributed by atoms with Gasteiger partial charge in [0.15, 0.2) is 0 Å². The molecule has 1 saturated heterocycles. The smallest absolute Gasteiger partial charge is 0.144 e. The van der Waals surface area contributed by atoms with Crippen LogP contribution in [0, 0.1) is 5.82 Å². The van der Waals surface area contributed by atoms with Gasteiger partial charge in [-0.05, 0) is 18.9 Å². The second kappa shape index (κ2) is 3.65. The zero-order chi connectivity index (χ0) is 10.1. The fraction of sp³-hybridized carbons (Fsp3) is 0.400. The molecule has 2 nitrogen and oxygen atoms in total. The van der Waals surface area contributed by atoms with Gasteiger partial charge in [0, 0.05) is 19.2 Å². The van der Waals surface area contributed by atoms with E-state index >= 15 is 0 Å². The van der Waals surface area contributed by atoms with Gasteiger partial charge in [0.25, 0.3) is 0 Å². The average Bonchev–Trinajstić information content (AvgIpc) is 2.64. The topological polar surface area (TPSA) is 29.3 Å². The normalized spacial score (nSPS) is 16.3. The number of nitrogens with zero attached hydrogens (tertiary/aromatic N) is 1. The highest BCUT2D eigenvalue weighted by molar-refractivity contribution is 6.31. The Kier molecular flexibility index (Phi) is 2.50. The average molecular weight is 215 g/mol. The van der Waals surface area contributed by atoms with E-state index in [1.165, 1.54) is 12.1 Å². The Balaban J connectivity index is 2.37. The third kappa shape index (κ3) is 1.64. The number of anilines is 2. The summed E-state index contributed by atoms with van der Waals surface area (Å²) in [5.74, 6) is -0.400.